The van der Waals surface area contributed by atoms with E-state index < -0.39 is 0 Å². The number of pyridine rings is 2. The molecule has 0 fully saturated rings. The van der Waals surface area contributed by atoms with Crippen molar-refractivity contribution in [3.8, 4) is 23.0 Å². The van der Waals surface area contributed by atoms with Gasteiger partial charge in [-0.05, 0) is 36.8 Å². The lowest BCUT2D eigenvalue weighted by molar-refractivity contribution is 0.355. The number of rotatable bonds is 6. The predicted octanol–water partition coefficient (Wildman–Crippen LogP) is 5.34. The predicted molar refractivity (Wildman–Crippen MR) is 113 cm³/mol. The Labute approximate surface area is 169 Å². The molecule has 0 aliphatic carbocycles. The molecule has 5 heteroatoms. The zero-order valence-corrected chi connectivity index (χ0v) is 16.7. The van der Waals surface area contributed by atoms with Gasteiger partial charge in [-0.25, -0.2) is 0 Å². The van der Waals surface area contributed by atoms with Crippen LogP contribution in [-0.2, 0) is 6.42 Å². The van der Waals surface area contributed by atoms with Crippen molar-refractivity contribution in [2.75, 3.05) is 14.2 Å². The fourth-order valence-corrected chi connectivity index (χ4v) is 3.26. The van der Waals surface area contributed by atoms with E-state index in [4.69, 9.17) is 19.2 Å². The highest BCUT2D eigenvalue weighted by Crippen LogP contribution is 2.37. The Bertz CT molecular complexity index is 1140. The van der Waals surface area contributed by atoms with Gasteiger partial charge in [-0.1, -0.05) is 30.3 Å². The maximum atomic E-state index is 6.32. The first-order valence-corrected chi connectivity index (χ1v) is 9.37. The van der Waals surface area contributed by atoms with Gasteiger partial charge >= 0.3 is 0 Å². The van der Waals surface area contributed by atoms with Crippen LogP contribution >= 0.6 is 0 Å². The molecule has 0 spiro atoms. The summed E-state index contributed by atoms with van der Waals surface area (Å²) in [6, 6.07) is 19.7. The SMILES string of the molecule is COc1cc2nccc(Oc3ccc(C)nc3Cc3ccccc3)c2cc1OC. The lowest BCUT2D eigenvalue weighted by Gasteiger charge is -2.14. The fourth-order valence-electron chi connectivity index (χ4n) is 3.26. The molecule has 4 rings (SSSR count). The number of hydrogen-bond acceptors (Lipinski definition) is 5. The van der Waals surface area contributed by atoms with Crippen molar-refractivity contribution in [1.82, 2.24) is 9.97 Å². The van der Waals surface area contributed by atoms with Gasteiger partial charge in [0.2, 0.25) is 0 Å². The van der Waals surface area contributed by atoms with Gasteiger partial charge in [-0.2, -0.15) is 0 Å². The van der Waals surface area contributed by atoms with Gasteiger partial charge in [-0.3, -0.25) is 9.97 Å². The van der Waals surface area contributed by atoms with Crippen LogP contribution in [0.25, 0.3) is 10.9 Å². The summed E-state index contributed by atoms with van der Waals surface area (Å²) in [7, 11) is 3.22. The average molecular weight is 386 g/mol. The van der Waals surface area contributed by atoms with Crippen LogP contribution in [0.4, 0.5) is 0 Å². The summed E-state index contributed by atoms with van der Waals surface area (Å²) in [5.74, 6) is 2.67. The third-order valence-electron chi connectivity index (χ3n) is 4.71. The summed E-state index contributed by atoms with van der Waals surface area (Å²) in [6.07, 6.45) is 2.42. The monoisotopic (exact) mass is 386 g/mol. The molecule has 0 radical (unpaired) electrons. The number of benzene rings is 2. The Morgan fingerprint density at radius 1 is 0.793 bits per heavy atom. The molecule has 2 aromatic heterocycles. The zero-order valence-electron chi connectivity index (χ0n) is 16.7. The van der Waals surface area contributed by atoms with Crippen molar-refractivity contribution in [3.63, 3.8) is 0 Å². The highest BCUT2D eigenvalue weighted by atomic mass is 16.5. The molecule has 0 unspecified atom stereocenters. The van der Waals surface area contributed by atoms with Crippen molar-refractivity contribution >= 4 is 10.9 Å². The van der Waals surface area contributed by atoms with E-state index in [1.165, 1.54) is 5.56 Å². The van der Waals surface area contributed by atoms with Crippen LogP contribution in [0.2, 0.25) is 0 Å². The van der Waals surface area contributed by atoms with Crippen LogP contribution in [-0.4, -0.2) is 24.2 Å². The number of methoxy groups -OCH3 is 2. The summed E-state index contributed by atoms with van der Waals surface area (Å²) < 4.78 is 17.2. The van der Waals surface area contributed by atoms with Gasteiger partial charge in [0.05, 0.1) is 25.4 Å². The van der Waals surface area contributed by atoms with Crippen LogP contribution in [0.1, 0.15) is 17.0 Å². The number of fused-ring (bicyclic) bond motifs is 1. The van der Waals surface area contributed by atoms with Gasteiger partial charge in [0.25, 0.3) is 0 Å². The molecular weight excluding hydrogens is 364 g/mol. The maximum absolute atomic E-state index is 6.32. The van der Waals surface area contributed by atoms with E-state index in [2.05, 4.69) is 17.1 Å². The van der Waals surface area contributed by atoms with E-state index in [-0.39, 0.29) is 0 Å². The minimum atomic E-state index is 0.629. The first-order valence-electron chi connectivity index (χ1n) is 9.37. The van der Waals surface area contributed by atoms with Gasteiger partial charge in [-0.15, -0.1) is 0 Å². The van der Waals surface area contributed by atoms with E-state index in [0.29, 0.717) is 23.7 Å². The Kier molecular flexibility index (Phi) is 5.29. The molecule has 2 heterocycles. The Hall–Kier alpha value is -3.60. The fraction of sp³-hybridized carbons (Fsp3) is 0.167. The van der Waals surface area contributed by atoms with Crippen molar-refractivity contribution < 1.29 is 14.2 Å². The van der Waals surface area contributed by atoms with Gasteiger partial charge < -0.3 is 14.2 Å². The number of aryl methyl sites for hydroxylation is 1. The number of aromatic nitrogens is 2. The summed E-state index contributed by atoms with van der Waals surface area (Å²) in [4.78, 5) is 9.16. The standard InChI is InChI=1S/C24H22N2O3/c1-16-9-10-22(20(26-16)13-17-7-5-4-6-8-17)29-21-11-12-25-19-15-24(28-3)23(27-2)14-18(19)21/h4-12,14-15H,13H2,1-3H3. The van der Waals surface area contributed by atoms with E-state index in [1.54, 1.807) is 20.4 Å². The van der Waals surface area contributed by atoms with Gasteiger partial charge in [0.15, 0.2) is 11.5 Å². The molecule has 146 valence electrons. The third-order valence-corrected chi connectivity index (χ3v) is 4.71. The molecule has 0 amide bonds. The minimum absolute atomic E-state index is 0.629. The van der Waals surface area contributed by atoms with Gasteiger partial charge in [0.1, 0.15) is 11.5 Å². The second-order valence-corrected chi connectivity index (χ2v) is 6.70. The van der Waals surface area contributed by atoms with Crippen molar-refractivity contribution in [2.24, 2.45) is 0 Å². The van der Waals surface area contributed by atoms with Gasteiger partial charge in [0, 0.05) is 29.8 Å². The third kappa shape index (κ3) is 3.99. The summed E-state index contributed by atoms with van der Waals surface area (Å²) in [5.41, 5.74) is 3.79. The van der Waals surface area contributed by atoms with E-state index >= 15 is 0 Å². The quantitative estimate of drug-likeness (QED) is 0.448. The van der Waals surface area contributed by atoms with Crippen LogP contribution in [0.3, 0.4) is 0 Å². The Balaban J connectivity index is 1.75. The van der Waals surface area contributed by atoms with E-state index in [0.717, 1.165) is 28.0 Å². The lowest BCUT2D eigenvalue weighted by Crippen LogP contribution is -1.99. The lowest BCUT2D eigenvalue weighted by atomic mass is 10.1. The molecule has 0 N–H and O–H groups in total. The van der Waals surface area contributed by atoms with Crippen molar-refractivity contribution in [1.29, 1.82) is 0 Å². The second kappa shape index (κ2) is 8.19. The van der Waals surface area contributed by atoms with Crippen LogP contribution in [0.15, 0.2) is 66.9 Å². The zero-order chi connectivity index (χ0) is 20.2. The second-order valence-electron chi connectivity index (χ2n) is 6.70. The Morgan fingerprint density at radius 3 is 2.31 bits per heavy atom. The van der Waals surface area contributed by atoms with Crippen LogP contribution in [0, 0.1) is 6.92 Å². The summed E-state index contributed by atoms with van der Waals surface area (Å²) >= 11 is 0. The van der Waals surface area contributed by atoms with E-state index in [1.807, 2.05) is 55.5 Å². The minimum Gasteiger partial charge on any atom is -0.493 e. The molecule has 2 aromatic carbocycles. The normalized spacial score (nSPS) is 10.7. The van der Waals surface area contributed by atoms with E-state index in [9.17, 15) is 0 Å². The van der Waals surface area contributed by atoms with Crippen molar-refractivity contribution in [3.05, 3.63) is 83.8 Å². The smallest absolute Gasteiger partial charge is 0.162 e. The Morgan fingerprint density at radius 2 is 1.55 bits per heavy atom. The summed E-state index contributed by atoms with van der Waals surface area (Å²) in [5, 5.41) is 0.844. The molecule has 0 aliphatic heterocycles. The molecule has 0 saturated carbocycles. The molecule has 0 atom stereocenters. The molecule has 0 aliphatic rings. The number of ether oxygens (including phenoxy) is 3. The molecule has 0 saturated heterocycles. The highest BCUT2D eigenvalue weighted by molar-refractivity contribution is 5.88. The summed E-state index contributed by atoms with van der Waals surface area (Å²) in [6.45, 7) is 1.98. The largest absolute Gasteiger partial charge is 0.493 e. The molecule has 5 nitrogen and oxygen atoms in total. The topological polar surface area (TPSA) is 53.5 Å². The molecule has 4 aromatic rings. The van der Waals surface area contributed by atoms with Crippen LogP contribution in [0.5, 0.6) is 23.0 Å². The molecule has 0 bridgehead atoms. The number of nitrogens with zero attached hydrogens (tertiary/aromatic N) is 2. The van der Waals surface area contributed by atoms with Crippen LogP contribution < -0.4 is 14.2 Å². The number of hydrogen-bond donors (Lipinski definition) is 0. The molecule has 29 heavy (non-hydrogen) atoms. The average Bonchev–Trinajstić information content (AvgIpc) is 2.75. The highest BCUT2D eigenvalue weighted by Gasteiger charge is 2.14. The first kappa shape index (κ1) is 18.7. The molecular formula is C24H22N2O3. The van der Waals surface area contributed by atoms with Crippen molar-refractivity contribution in [2.45, 2.75) is 13.3 Å². The maximum Gasteiger partial charge on any atom is 0.162 e. The first-order chi connectivity index (χ1) is 14.2.